The number of anilines is 1. The largest absolute Gasteiger partial charge is 0.382 e. The van der Waals surface area contributed by atoms with Crippen LogP contribution in [-0.4, -0.2) is 15.8 Å². The van der Waals surface area contributed by atoms with E-state index in [-0.39, 0.29) is 0 Å². The molecule has 0 amide bonds. The molecule has 3 nitrogen and oxygen atoms in total. The maximum Gasteiger partial charge on any atom is 0.0635 e. The van der Waals surface area contributed by atoms with Gasteiger partial charge < -0.3 is 5.32 Å². The third-order valence-electron chi connectivity index (χ3n) is 3.99. The van der Waals surface area contributed by atoms with Crippen molar-refractivity contribution in [3.63, 3.8) is 0 Å². The number of rotatable bonds is 3. The lowest BCUT2D eigenvalue weighted by atomic mass is 9.96. The Morgan fingerprint density at radius 3 is 3.10 bits per heavy atom. The quantitative estimate of drug-likeness (QED) is 0.919. The first-order valence-electron chi connectivity index (χ1n) is 7.26. The Bertz CT molecular complexity index is 618. The molecule has 2 heterocycles. The Labute approximate surface area is 128 Å². The van der Waals surface area contributed by atoms with Gasteiger partial charge in [0.15, 0.2) is 0 Å². The van der Waals surface area contributed by atoms with Crippen LogP contribution in [-0.2, 0) is 19.4 Å². The molecule has 1 unspecified atom stereocenters. The molecule has 0 aliphatic carbocycles. The molecular formula is C16H20BrN3. The molecule has 0 spiro atoms. The fourth-order valence-corrected chi connectivity index (χ4v) is 3.28. The molecule has 0 fully saturated rings. The minimum absolute atomic E-state index is 0.587. The SMILES string of the molecule is CCn1ncc(Br)c1Cc1ccc2c(c1)CCC(C)N2. The Balaban J connectivity index is 1.87. The first kappa shape index (κ1) is 13.7. The molecule has 1 aliphatic heterocycles. The molecule has 0 radical (unpaired) electrons. The van der Waals surface area contributed by atoms with Crippen molar-refractivity contribution >= 4 is 21.6 Å². The van der Waals surface area contributed by atoms with Gasteiger partial charge in [0.2, 0.25) is 0 Å². The number of hydrogen-bond acceptors (Lipinski definition) is 2. The van der Waals surface area contributed by atoms with Crippen LogP contribution in [0.15, 0.2) is 28.9 Å². The summed E-state index contributed by atoms with van der Waals surface area (Å²) in [6.07, 6.45) is 5.20. The highest BCUT2D eigenvalue weighted by atomic mass is 79.9. The Morgan fingerprint density at radius 1 is 1.45 bits per heavy atom. The summed E-state index contributed by atoms with van der Waals surface area (Å²) in [4.78, 5) is 0. The van der Waals surface area contributed by atoms with Crippen LogP contribution in [0.4, 0.5) is 5.69 Å². The average Bonchev–Trinajstić information content (AvgIpc) is 2.80. The van der Waals surface area contributed by atoms with Crippen molar-refractivity contribution < 1.29 is 0 Å². The van der Waals surface area contributed by atoms with Crippen molar-refractivity contribution in [1.82, 2.24) is 9.78 Å². The molecule has 1 aliphatic rings. The number of aromatic nitrogens is 2. The lowest BCUT2D eigenvalue weighted by Gasteiger charge is -2.24. The fourth-order valence-electron chi connectivity index (χ4n) is 2.84. The summed E-state index contributed by atoms with van der Waals surface area (Å²) >= 11 is 3.60. The number of halogens is 1. The second kappa shape index (κ2) is 5.60. The summed E-state index contributed by atoms with van der Waals surface area (Å²) in [5.41, 5.74) is 5.36. The highest BCUT2D eigenvalue weighted by molar-refractivity contribution is 9.10. The molecular weight excluding hydrogens is 314 g/mol. The van der Waals surface area contributed by atoms with E-state index < -0.39 is 0 Å². The summed E-state index contributed by atoms with van der Waals surface area (Å²) in [6.45, 7) is 5.28. The fraction of sp³-hybridized carbons (Fsp3) is 0.438. The van der Waals surface area contributed by atoms with Crippen LogP contribution in [0.2, 0.25) is 0 Å². The van der Waals surface area contributed by atoms with Crippen LogP contribution in [0.25, 0.3) is 0 Å². The number of benzene rings is 1. The van der Waals surface area contributed by atoms with E-state index >= 15 is 0 Å². The number of hydrogen-bond donors (Lipinski definition) is 1. The second-order valence-corrected chi connectivity index (χ2v) is 6.36. The summed E-state index contributed by atoms with van der Waals surface area (Å²) < 4.78 is 3.16. The third-order valence-corrected chi connectivity index (χ3v) is 4.65. The minimum atomic E-state index is 0.587. The van der Waals surface area contributed by atoms with Gasteiger partial charge in [-0.2, -0.15) is 5.10 Å². The molecule has 1 aromatic heterocycles. The van der Waals surface area contributed by atoms with Gasteiger partial charge >= 0.3 is 0 Å². The molecule has 4 heteroatoms. The molecule has 1 aromatic carbocycles. The van der Waals surface area contributed by atoms with E-state index in [1.165, 1.54) is 35.3 Å². The molecule has 2 aromatic rings. The van der Waals surface area contributed by atoms with Crippen molar-refractivity contribution in [3.05, 3.63) is 45.7 Å². The maximum atomic E-state index is 4.39. The molecule has 0 saturated heterocycles. The van der Waals surface area contributed by atoms with Gasteiger partial charge in [-0.3, -0.25) is 4.68 Å². The number of fused-ring (bicyclic) bond motifs is 1. The Hall–Kier alpha value is -1.29. The molecule has 106 valence electrons. The van der Waals surface area contributed by atoms with Crippen molar-refractivity contribution in [2.75, 3.05) is 5.32 Å². The van der Waals surface area contributed by atoms with Crippen LogP contribution < -0.4 is 5.32 Å². The number of nitrogens with one attached hydrogen (secondary N) is 1. The van der Waals surface area contributed by atoms with Gasteiger partial charge in [0.05, 0.1) is 16.4 Å². The van der Waals surface area contributed by atoms with Crippen LogP contribution >= 0.6 is 15.9 Å². The number of aryl methyl sites for hydroxylation is 2. The zero-order chi connectivity index (χ0) is 14.1. The van der Waals surface area contributed by atoms with Crippen LogP contribution in [0.5, 0.6) is 0 Å². The van der Waals surface area contributed by atoms with E-state index in [4.69, 9.17) is 0 Å². The van der Waals surface area contributed by atoms with E-state index in [9.17, 15) is 0 Å². The minimum Gasteiger partial charge on any atom is -0.382 e. The molecule has 1 N–H and O–H groups in total. The molecule has 20 heavy (non-hydrogen) atoms. The van der Waals surface area contributed by atoms with Gasteiger partial charge in [-0.15, -0.1) is 0 Å². The van der Waals surface area contributed by atoms with Crippen LogP contribution in [0.1, 0.15) is 37.1 Å². The van der Waals surface area contributed by atoms with E-state index in [2.05, 4.69) is 63.1 Å². The summed E-state index contributed by atoms with van der Waals surface area (Å²) in [7, 11) is 0. The van der Waals surface area contributed by atoms with E-state index in [1.807, 2.05) is 6.20 Å². The van der Waals surface area contributed by atoms with Gasteiger partial charge in [0.25, 0.3) is 0 Å². The van der Waals surface area contributed by atoms with E-state index in [0.717, 1.165) is 17.4 Å². The molecule has 3 rings (SSSR count). The second-order valence-electron chi connectivity index (χ2n) is 5.51. The smallest absolute Gasteiger partial charge is 0.0635 e. The first-order chi connectivity index (χ1) is 9.67. The lowest BCUT2D eigenvalue weighted by molar-refractivity contribution is 0.629. The highest BCUT2D eigenvalue weighted by Crippen LogP contribution is 2.27. The summed E-state index contributed by atoms with van der Waals surface area (Å²) in [5, 5.41) is 7.94. The van der Waals surface area contributed by atoms with Gasteiger partial charge in [-0.25, -0.2) is 0 Å². The van der Waals surface area contributed by atoms with Gasteiger partial charge in [0, 0.05) is 24.7 Å². The maximum absolute atomic E-state index is 4.39. The topological polar surface area (TPSA) is 29.9 Å². The average molecular weight is 334 g/mol. The molecule has 0 bridgehead atoms. The normalized spacial score (nSPS) is 17.6. The predicted molar refractivity (Wildman–Crippen MR) is 86.3 cm³/mol. The summed E-state index contributed by atoms with van der Waals surface area (Å²) in [6, 6.07) is 7.38. The highest BCUT2D eigenvalue weighted by Gasteiger charge is 2.15. The van der Waals surface area contributed by atoms with E-state index in [0.29, 0.717) is 6.04 Å². The van der Waals surface area contributed by atoms with Gasteiger partial charge in [-0.05, 0) is 59.8 Å². The monoisotopic (exact) mass is 333 g/mol. The van der Waals surface area contributed by atoms with Crippen molar-refractivity contribution in [2.45, 2.75) is 45.7 Å². The van der Waals surface area contributed by atoms with Crippen molar-refractivity contribution in [1.29, 1.82) is 0 Å². The predicted octanol–water partition coefficient (Wildman–Crippen LogP) is 4.00. The standard InChI is InChI=1S/C16H20BrN3/c1-3-20-16(14(17)10-18-20)9-12-5-7-15-13(8-12)6-4-11(2)19-15/h5,7-8,10-11,19H,3-4,6,9H2,1-2H3. The zero-order valence-corrected chi connectivity index (χ0v) is 13.6. The van der Waals surface area contributed by atoms with E-state index in [1.54, 1.807) is 0 Å². The van der Waals surface area contributed by atoms with Crippen LogP contribution in [0.3, 0.4) is 0 Å². The van der Waals surface area contributed by atoms with Gasteiger partial charge in [0.1, 0.15) is 0 Å². The number of nitrogens with zero attached hydrogens (tertiary/aromatic N) is 2. The molecule has 0 saturated carbocycles. The summed E-state index contributed by atoms with van der Waals surface area (Å²) in [5.74, 6) is 0. The Morgan fingerprint density at radius 2 is 2.30 bits per heavy atom. The lowest BCUT2D eigenvalue weighted by Crippen LogP contribution is -2.21. The molecule has 1 atom stereocenters. The first-order valence-corrected chi connectivity index (χ1v) is 8.05. The Kier molecular flexibility index (Phi) is 3.83. The zero-order valence-electron chi connectivity index (χ0n) is 12.0. The third kappa shape index (κ3) is 2.62. The van der Waals surface area contributed by atoms with Crippen molar-refractivity contribution in [2.24, 2.45) is 0 Å². The van der Waals surface area contributed by atoms with Crippen molar-refractivity contribution in [3.8, 4) is 0 Å². The van der Waals surface area contributed by atoms with Gasteiger partial charge in [-0.1, -0.05) is 12.1 Å². The van der Waals surface area contributed by atoms with Crippen LogP contribution in [0, 0.1) is 0 Å².